The summed E-state index contributed by atoms with van der Waals surface area (Å²) in [6.07, 6.45) is -7.55. The molecule has 178 valence electrons. The van der Waals surface area contributed by atoms with Gasteiger partial charge in [-0.25, -0.2) is 0 Å². The van der Waals surface area contributed by atoms with Gasteiger partial charge in [0.1, 0.15) is 5.54 Å². The number of halogens is 6. The average Bonchev–Trinajstić information content (AvgIpc) is 3.64. The highest BCUT2D eigenvalue weighted by molar-refractivity contribution is 5.82. The van der Waals surface area contributed by atoms with Gasteiger partial charge in [-0.05, 0) is 48.2 Å². The van der Waals surface area contributed by atoms with Gasteiger partial charge in [0, 0.05) is 18.5 Å². The first-order valence-corrected chi connectivity index (χ1v) is 10.6. The Labute approximate surface area is 191 Å². The Morgan fingerprint density at radius 1 is 0.853 bits per heavy atom. The second-order valence-corrected chi connectivity index (χ2v) is 8.31. The molecule has 0 bridgehead atoms. The highest BCUT2D eigenvalue weighted by Crippen LogP contribution is 2.43. The van der Waals surface area contributed by atoms with Gasteiger partial charge in [0.15, 0.2) is 0 Å². The molecule has 1 aromatic heterocycles. The Morgan fingerprint density at radius 2 is 1.53 bits per heavy atom. The van der Waals surface area contributed by atoms with Crippen LogP contribution in [0.4, 0.5) is 26.3 Å². The van der Waals surface area contributed by atoms with Gasteiger partial charge in [0.05, 0.1) is 16.8 Å². The third kappa shape index (κ3) is 4.93. The van der Waals surface area contributed by atoms with E-state index in [2.05, 4.69) is 10.3 Å². The quantitative estimate of drug-likeness (QED) is 0.433. The van der Waals surface area contributed by atoms with E-state index >= 15 is 0 Å². The maximum absolute atomic E-state index is 14.1. The van der Waals surface area contributed by atoms with E-state index in [1.165, 1.54) is 6.07 Å². The lowest BCUT2D eigenvalue weighted by atomic mass is 9.78. The first-order chi connectivity index (χ1) is 16.0. The zero-order chi connectivity index (χ0) is 24.6. The highest BCUT2D eigenvalue weighted by Gasteiger charge is 2.47. The average molecular weight is 478 g/mol. The minimum Gasteiger partial charge on any atom is -0.340 e. The van der Waals surface area contributed by atoms with E-state index in [0.29, 0.717) is 18.4 Å². The minimum absolute atomic E-state index is 0.135. The van der Waals surface area contributed by atoms with Gasteiger partial charge in [0.25, 0.3) is 0 Å². The molecule has 1 aliphatic carbocycles. The number of carbonyl (C=O) groups is 1. The first kappa shape index (κ1) is 23.8. The summed E-state index contributed by atoms with van der Waals surface area (Å²) in [5.41, 5.74) is -4.32. The number of aromatic nitrogens is 1. The van der Waals surface area contributed by atoms with E-state index in [4.69, 9.17) is 0 Å². The number of alkyl halides is 6. The van der Waals surface area contributed by atoms with E-state index in [1.807, 2.05) is 0 Å². The number of hydrogen-bond acceptors (Lipinski definition) is 2. The number of nitrogens with zero attached hydrogens (tertiary/aromatic N) is 1. The monoisotopic (exact) mass is 478 g/mol. The number of rotatable bonds is 6. The molecule has 1 saturated carbocycles. The molecule has 1 amide bonds. The van der Waals surface area contributed by atoms with Crippen molar-refractivity contribution in [2.45, 2.75) is 37.2 Å². The van der Waals surface area contributed by atoms with Crippen molar-refractivity contribution in [2.75, 3.05) is 0 Å². The molecule has 1 heterocycles. The van der Waals surface area contributed by atoms with Crippen LogP contribution in [0.2, 0.25) is 0 Å². The summed E-state index contributed by atoms with van der Waals surface area (Å²) in [5, 5.41) is 2.70. The normalized spacial score (nSPS) is 16.1. The SMILES string of the molecule is O=C(NC(Cc1ccccc1)(c1cccc(C(F)(F)F)c1)c1ncccc1C(F)(F)F)C1CC1. The molecule has 0 radical (unpaired) electrons. The van der Waals surface area contributed by atoms with Crippen LogP contribution < -0.4 is 5.32 Å². The van der Waals surface area contributed by atoms with Crippen molar-refractivity contribution in [2.24, 2.45) is 5.92 Å². The van der Waals surface area contributed by atoms with Crippen LogP contribution >= 0.6 is 0 Å². The summed E-state index contributed by atoms with van der Waals surface area (Å²) in [6, 6.07) is 14.3. The van der Waals surface area contributed by atoms with Crippen LogP contribution in [0, 0.1) is 5.92 Å². The van der Waals surface area contributed by atoms with E-state index in [1.54, 1.807) is 30.3 Å². The van der Waals surface area contributed by atoms with Crippen molar-refractivity contribution >= 4 is 5.91 Å². The van der Waals surface area contributed by atoms with Crippen molar-refractivity contribution in [3.8, 4) is 0 Å². The standard InChI is InChI=1S/C25H20F6N2O/c26-24(27,28)19-9-4-8-18(14-19)23(33-22(34)17-11-12-17,15-16-6-2-1-3-7-16)21-20(25(29,30)31)10-5-13-32-21/h1-10,13-14,17H,11-12,15H2,(H,33,34). The molecule has 9 heteroatoms. The maximum atomic E-state index is 14.1. The van der Waals surface area contributed by atoms with E-state index in [-0.39, 0.29) is 12.0 Å². The van der Waals surface area contributed by atoms with Crippen LogP contribution in [0.25, 0.3) is 0 Å². The summed E-state index contributed by atoms with van der Waals surface area (Å²) in [4.78, 5) is 17.0. The smallest absolute Gasteiger partial charge is 0.340 e. The van der Waals surface area contributed by atoms with Crippen LogP contribution in [0.15, 0.2) is 72.9 Å². The number of amides is 1. The predicted octanol–water partition coefficient (Wildman–Crippen LogP) is 6.13. The van der Waals surface area contributed by atoms with E-state index in [0.717, 1.165) is 36.5 Å². The van der Waals surface area contributed by atoms with Crippen LogP contribution in [-0.2, 0) is 29.1 Å². The summed E-state index contributed by atoms with van der Waals surface area (Å²) < 4.78 is 82.9. The molecule has 1 fully saturated rings. The van der Waals surface area contributed by atoms with Crippen molar-refractivity contribution in [3.63, 3.8) is 0 Å². The van der Waals surface area contributed by atoms with Crippen molar-refractivity contribution in [1.82, 2.24) is 10.3 Å². The molecule has 1 aliphatic rings. The van der Waals surface area contributed by atoms with Crippen LogP contribution in [0.3, 0.4) is 0 Å². The van der Waals surface area contributed by atoms with Gasteiger partial charge in [-0.1, -0.05) is 42.5 Å². The predicted molar refractivity (Wildman–Crippen MR) is 112 cm³/mol. The molecule has 34 heavy (non-hydrogen) atoms. The van der Waals surface area contributed by atoms with Crippen molar-refractivity contribution < 1.29 is 31.1 Å². The van der Waals surface area contributed by atoms with Crippen LogP contribution in [0.5, 0.6) is 0 Å². The molecule has 0 saturated heterocycles. The fourth-order valence-electron chi connectivity index (χ4n) is 3.99. The Bertz CT molecular complexity index is 1170. The van der Waals surface area contributed by atoms with Crippen LogP contribution in [-0.4, -0.2) is 10.9 Å². The molecule has 3 nitrogen and oxygen atoms in total. The number of pyridine rings is 1. The topological polar surface area (TPSA) is 42.0 Å². The molecule has 0 aliphatic heterocycles. The van der Waals surface area contributed by atoms with E-state index in [9.17, 15) is 31.1 Å². The maximum Gasteiger partial charge on any atom is 0.418 e. The number of nitrogens with one attached hydrogen (secondary N) is 1. The van der Waals surface area contributed by atoms with Crippen molar-refractivity contribution in [3.05, 3.63) is 101 Å². The fraction of sp³-hybridized carbons (Fsp3) is 0.280. The van der Waals surface area contributed by atoms with Gasteiger partial charge in [-0.15, -0.1) is 0 Å². The molecule has 0 spiro atoms. The molecule has 1 atom stereocenters. The lowest BCUT2D eigenvalue weighted by Gasteiger charge is -2.37. The molecular weight excluding hydrogens is 458 g/mol. The second-order valence-electron chi connectivity index (χ2n) is 8.31. The highest BCUT2D eigenvalue weighted by atomic mass is 19.4. The second kappa shape index (κ2) is 8.77. The van der Waals surface area contributed by atoms with Gasteiger partial charge in [-0.3, -0.25) is 9.78 Å². The third-order valence-electron chi connectivity index (χ3n) is 5.80. The molecule has 3 aromatic rings. The number of benzene rings is 2. The summed E-state index contributed by atoms with van der Waals surface area (Å²) >= 11 is 0. The van der Waals surface area contributed by atoms with Gasteiger partial charge >= 0.3 is 12.4 Å². The largest absolute Gasteiger partial charge is 0.418 e. The lowest BCUT2D eigenvalue weighted by Crippen LogP contribution is -2.50. The minimum atomic E-state index is -4.85. The molecule has 1 N–H and O–H groups in total. The van der Waals surface area contributed by atoms with Crippen LogP contribution in [0.1, 0.15) is 40.8 Å². The molecule has 1 unspecified atom stereocenters. The zero-order valence-electron chi connectivity index (χ0n) is 17.8. The van der Waals surface area contributed by atoms with Gasteiger partial charge in [0.2, 0.25) is 5.91 Å². The zero-order valence-corrected chi connectivity index (χ0v) is 17.8. The third-order valence-corrected chi connectivity index (χ3v) is 5.80. The van der Waals surface area contributed by atoms with E-state index < -0.39 is 46.5 Å². The summed E-state index contributed by atoms with van der Waals surface area (Å²) in [5.74, 6) is -0.925. The molecule has 4 rings (SSSR count). The molecule has 2 aromatic carbocycles. The Kier molecular flexibility index (Phi) is 6.14. The Hall–Kier alpha value is -3.36. The first-order valence-electron chi connectivity index (χ1n) is 10.6. The molecular formula is C25H20F6N2O. The Balaban J connectivity index is 2.01. The summed E-state index contributed by atoms with van der Waals surface area (Å²) in [6.45, 7) is 0. The summed E-state index contributed by atoms with van der Waals surface area (Å²) in [7, 11) is 0. The van der Waals surface area contributed by atoms with Gasteiger partial charge in [-0.2, -0.15) is 26.3 Å². The van der Waals surface area contributed by atoms with Gasteiger partial charge < -0.3 is 5.32 Å². The fourth-order valence-corrected chi connectivity index (χ4v) is 3.99. The number of carbonyl (C=O) groups excluding carboxylic acids is 1. The van der Waals surface area contributed by atoms with Crippen molar-refractivity contribution in [1.29, 1.82) is 0 Å². The lowest BCUT2D eigenvalue weighted by molar-refractivity contribution is -0.140. The Morgan fingerprint density at radius 3 is 2.15 bits per heavy atom. The number of hydrogen-bond donors (Lipinski definition) is 1.